The van der Waals surface area contributed by atoms with Crippen LogP contribution in [0.4, 0.5) is 17.5 Å². The number of anilines is 3. The molecule has 10 heteroatoms. The van der Waals surface area contributed by atoms with Crippen LogP contribution in [0.15, 0.2) is 48.9 Å². The number of nitrogen functional groups attached to an aromatic ring is 1. The van der Waals surface area contributed by atoms with Crippen molar-refractivity contribution in [2.24, 2.45) is 0 Å². The van der Waals surface area contributed by atoms with Crippen molar-refractivity contribution in [3.63, 3.8) is 0 Å². The van der Waals surface area contributed by atoms with E-state index in [1.54, 1.807) is 29.2 Å². The molecule has 26 heavy (non-hydrogen) atoms. The monoisotopic (exact) mass is 361 g/mol. The summed E-state index contributed by atoms with van der Waals surface area (Å²) in [6.07, 6.45) is 5.09. The van der Waals surface area contributed by atoms with Gasteiger partial charge < -0.3 is 11.1 Å². The average molecular weight is 361 g/mol. The third-order valence-corrected chi connectivity index (χ3v) is 4.38. The maximum atomic E-state index is 5.66. The predicted molar refractivity (Wildman–Crippen MR) is 99.1 cm³/mol. The summed E-state index contributed by atoms with van der Waals surface area (Å²) >= 11 is 1.19. The highest BCUT2D eigenvalue weighted by atomic mass is 32.1. The minimum absolute atomic E-state index is 0.455. The summed E-state index contributed by atoms with van der Waals surface area (Å²) in [6, 6.07) is 9.32. The van der Waals surface area contributed by atoms with Crippen LogP contribution < -0.4 is 11.1 Å². The molecule has 0 atom stereocenters. The molecule has 0 saturated carbocycles. The molecule has 0 aliphatic carbocycles. The molecule has 5 rings (SSSR count). The minimum atomic E-state index is 0.455. The summed E-state index contributed by atoms with van der Waals surface area (Å²) in [5, 5.41) is 7.65. The molecule has 0 saturated heterocycles. The van der Waals surface area contributed by atoms with Crippen molar-refractivity contribution in [2.45, 2.75) is 0 Å². The molecule has 0 aliphatic heterocycles. The number of hydrogen-bond acceptors (Lipinski definition) is 9. The van der Waals surface area contributed by atoms with Gasteiger partial charge in [-0.15, -0.1) is 5.10 Å². The van der Waals surface area contributed by atoms with Crippen LogP contribution in [0.25, 0.3) is 27.9 Å². The largest absolute Gasteiger partial charge is 0.384 e. The van der Waals surface area contributed by atoms with E-state index < -0.39 is 0 Å². The Labute approximate surface area is 150 Å². The van der Waals surface area contributed by atoms with E-state index >= 15 is 0 Å². The molecule has 0 unspecified atom stereocenters. The molecule has 9 nitrogen and oxygen atoms in total. The highest BCUT2D eigenvalue weighted by Gasteiger charge is 2.12. The quantitative estimate of drug-likeness (QED) is 0.503. The smallest absolute Gasteiger partial charge is 0.247 e. The third kappa shape index (κ3) is 2.48. The van der Waals surface area contributed by atoms with E-state index in [9.17, 15) is 0 Å². The van der Waals surface area contributed by atoms with Gasteiger partial charge in [0.1, 0.15) is 22.5 Å². The number of aromatic nitrogens is 7. The Morgan fingerprint density at radius 3 is 2.85 bits per heavy atom. The number of pyridine rings is 1. The predicted octanol–water partition coefficient (Wildman–Crippen LogP) is 2.52. The number of nitrogens with two attached hydrogens (primary N) is 1. The van der Waals surface area contributed by atoms with Crippen LogP contribution in [0.2, 0.25) is 0 Å². The average Bonchev–Trinajstić information content (AvgIpc) is 3.28. The van der Waals surface area contributed by atoms with Crippen molar-refractivity contribution in [3.05, 3.63) is 48.9 Å². The van der Waals surface area contributed by atoms with Crippen molar-refractivity contribution in [3.8, 4) is 11.3 Å². The van der Waals surface area contributed by atoms with E-state index in [0.29, 0.717) is 23.1 Å². The SMILES string of the molecule is Nc1ccc(-c2nccn3nc(Nc4ccc5nsnc5c4)nc23)cn1. The molecule has 3 N–H and O–H groups in total. The van der Waals surface area contributed by atoms with Crippen LogP contribution in [0.3, 0.4) is 0 Å². The van der Waals surface area contributed by atoms with Crippen LogP contribution in [0.1, 0.15) is 0 Å². The third-order valence-electron chi connectivity index (χ3n) is 3.82. The molecule has 5 aromatic rings. The van der Waals surface area contributed by atoms with Gasteiger partial charge in [-0.3, -0.25) is 4.98 Å². The fraction of sp³-hybridized carbons (Fsp3) is 0. The van der Waals surface area contributed by atoms with Gasteiger partial charge in [0.15, 0.2) is 5.65 Å². The van der Waals surface area contributed by atoms with Gasteiger partial charge in [0, 0.05) is 29.8 Å². The molecule has 0 bridgehead atoms. The van der Waals surface area contributed by atoms with Gasteiger partial charge in [-0.2, -0.15) is 13.7 Å². The summed E-state index contributed by atoms with van der Waals surface area (Å²) in [6.45, 7) is 0. The second kappa shape index (κ2) is 5.70. The van der Waals surface area contributed by atoms with E-state index in [1.807, 2.05) is 24.3 Å². The van der Waals surface area contributed by atoms with Crippen LogP contribution in [0.5, 0.6) is 0 Å². The van der Waals surface area contributed by atoms with E-state index in [2.05, 4.69) is 34.1 Å². The first-order valence-electron chi connectivity index (χ1n) is 7.69. The number of fused-ring (bicyclic) bond motifs is 2. The van der Waals surface area contributed by atoms with Gasteiger partial charge in [-0.25, -0.2) is 9.50 Å². The van der Waals surface area contributed by atoms with Gasteiger partial charge in [0.25, 0.3) is 0 Å². The van der Waals surface area contributed by atoms with Gasteiger partial charge >= 0.3 is 0 Å². The van der Waals surface area contributed by atoms with E-state index in [4.69, 9.17) is 5.73 Å². The second-order valence-corrected chi connectivity index (χ2v) is 6.07. The molecule has 4 heterocycles. The highest BCUT2D eigenvalue weighted by molar-refractivity contribution is 7.00. The van der Waals surface area contributed by atoms with E-state index in [0.717, 1.165) is 22.3 Å². The lowest BCUT2D eigenvalue weighted by molar-refractivity contribution is 0.951. The van der Waals surface area contributed by atoms with Gasteiger partial charge in [-0.1, -0.05) is 0 Å². The van der Waals surface area contributed by atoms with Gasteiger partial charge in [0.2, 0.25) is 5.95 Å². The lowest BCUT2D eigenvalue weighted by Gasteiger charge is -2.01. The Morgan fingerprint density at radius 1 is 1.04 bits per heavy atom. The highest BCUT2D eigenvalue weighted by Crippen LogP contribution is 2.24. The molecule has 4 aromatic heterocycles. The zero-order valence-corrected chi connectivity index (χ0v) is 14.1. The fourth-order valence-electron chi connectivity index (χ4n) is 2.61. The Kier molecular flexibility index (Phi) is 3.22. The summed E-state index contributed by atoms with van der Waals surface area (Å²) in [7, 11) is 0. The number of nitrogens with one attached hydrogen (secondary N) is 1. The molecular formula is C16H11N9S. The Bertz CT molecular complexity index is 1230. The number of benzene rings is 1. The lowest BCUT2D eigenvalue weighted by atomic mass is 10.2. The molecular weight excluding hydrogens is 350 g/mol. The summed E-state index contributed by atoms with van der Waals surface area (Å²) < 4.78 is 10.1. The van der Waals surface area contributed by atoms with Crippen molar-refractivity contribution in [1.82, 2.24) is 33.3 Å². The Morgan fingerprint density at radius 2 is 1.96 bits per heavy atom. The molecule has 0 spiro atoms. The Balaban J connectivity index is 1.55. The van der Waals surface area contributed by atoms with Gasteiger partial charge in [0.05, 0.1) is 11.7 Å². The number of hydrogen-bond donors (Lipinski definition) is 2. The standard InChI is InChI=1S/C16H11N9S/c17-13-4-1-9(8-19-13)14-15-21-16(22-25(15)6-5-18-14)20-10-2-3-11-12(7-10)24-26-23-11/h1-8H,(H2,17,19)(H,20,22). The normalized spacial score (nSPS) is 11.2. The molecule has 1 aromatic carbocycles. The molecule has 0 fully saturated rings. The summed E-state index contributed by atoms with van der Waals surface area (Å²) in [5.74, 6) is 0.918. The first-order valence-corrected chi connectivity index (χ1v) is 8.42. The number of nitrogens with zero attached hydrogens (tertiary/aromatic N) is 7. The van der Waals surface area contributed by atoms with Crippen LogP contribution >= 0.6 is 11.7 Å². The van der Waals surface area contributed by atoms with Crippen molar-refractivity contribution < 1.29 is 0 Å². The maximum absolute atomic E-state index is 5.66. The first kappa shape index (κ1) is 14.7. The minimum Gasteiger partial charge on any atom is -0.384 e. The number of rotatable bonds is 3. The first-order chi connectivity index (χ1) is 12.8. The summed E-state index contributed by atoms with van der Waals surface area (Å²) in [4.78, 5) is 13.1. The Hall–Kier alpha value is -3.66. The molecule has 0 amide bonds. The molecule has 0 aliphatic rings. The van der Waals surface area contributed by atoms with Crippen LogP contribution in [0, 0.1) is 0 Å². The maximum Gasteiger partial charge on any atom is 0.247 e. The molecule has 0 radical (unpaired) electrons. The van der Waals surface area contributed by atoms with E-state index in [1.165, 1.54) is 11.7 Å². The fourth-order valence-corrected chi connectivity index (χ4v) is 3.13. The molecule has 126 valence electrons. The van der Waals surface area contributed by atoms with Crippen molar-refractivity contribution >= 4 is 45.9 Å². The van der Waals surface area contributed by atoms with Crippen LogP contribution in [-0.4, -0.2) is 33.3 Å². The lowest BCUT2D eigenvalue weighted by Crippen LogP contribution is -1.95. The second-order valence-electron chi connectivity index (χ2n) is 5.54. The van der Waals surface area contributed by atoms with Gasteiger partial charge in [-0.05, 0) is 30.3 Å². The summed E-state index contributed by atoms with van der Waals surface area (Å²) in [5.41, 5.74) is 10.3. The van der Waals surface area contributed by atoms with Crippen molar-refractivity contribution in [1.29, 1.82) is 0 Å². The zero-order chi connectivity index (χ0) is 17.5. The van der Waals surface area contributed by atoms with E-state index in [-0.39, 0.29) is 0 Å². The van der Waals surface area contributed by atoms with Crippen LogP contribution in [-0.2, 0) is 0 Å². The zero-order valence-electron chi connectivity index (χ0n) is 13.2. The van der Waals surface area contributed by atoms with Crippen molar-refractivity contribution in [2.75, 3.05) is 11.1 Å². The topological polar surface area (TPSA) is 120 Å².